The van der Waals surface area contributed by atoms with E-state index in [0.29, 0.717) is 4.90 Å². The van der Waals surface area contributed by atoms with Crippen molar-refractivity contribution < 1.29 is 23.5 Å². The third-order valence-corrected chi connectivity index (χ3v) is 2.83. The van der Waals surface area contributed by atoms with E-state index in [1.54, 1.807) is 41.5 Å². The Morgan fingerprint density at radius 2 is 1.58 bits per heavy atom. The second-order valence-electron chi connectivity index (χ2n) is 7.67. The van der Waals surface area contributed by atoms with E-state index in [-0.39, 0.29) is 16.9 Å². The zero-order chi connectivity index (χ0) is 20.3. The molecule has 26 heavy (non-hydrogen) atoms. The molecule has 8 heteroatoms. The highest BCUT2D eigenvalue weighted by atomic mass is 19.1. The van der Waals surface area contributed by atoms with Crippen LogP contribution in [0.25, 0.3) is 4.85 Å². The van der Waals surface area contributed by atoms with Gasteiger partial charge < -0.3 is 15.2 Å². The number of carbonyl (C=O) groups is 2. The molecule has 2 N–H and O–H groups in total. The summed E-state index contributed by atoms with van der Waals surface area (Å²) in [6.07, 6.45) is -1.93. The van der Waals surface area contributed by atoms with Crippen molar-refractivity contribution in [1.82, 2.24) is 4.90 Å². The topological polar surface area (TPSA) is 86.2 Å². The van der Waals surface area contributed by atoms with Gasteiger partial charge in [0.05, 0.1) is 13.1 Å². The number of ether oxygens (including phenoxy) is 2. The molecule has 0 aromatic heterocycles. The lowest BCUT2D eigenvalue weighted by Crippen LogP contribution is -2.43. The van der Waals surface area contributed by atoms with Gasteiger partial charge in [-0.2, -0.15) is 0 Å². The molecule has 1 rings (SSSR count). The summed E-state index contributed by atoms with van der Waals surface area (Å²) < 4.78 is 24.4. The van der Waals surface area contributed by atoms with E-state index in [0.717, 1.165) is 6.07 Å². The van der Waals surface area contributed by atoms with E-state index in [1.807, 2.05) is 0 Å². The van der Waals surface area contributed by atoms with Crippen LogP contribution in [0.2, 0.25) is 0 Å². The van der Waals surface area contributed by atoms with Crippen LogP contribution in [-0.4, -0.2) is 28.3 Å². The molecule has 0 saturated heterocycles. The maximum Gasteiger partial charge on any atom is 0.420 e. The summed E-state index contributed by atoms with van der Waals surface area (Å²) in [6.45, 7) is 16.6. The summed E-state index contributed by atoms with van der Waals surface area (Å²) >= 11 is 0. The fourth-order valence-corrected chi connectivity index (χ4v) is 1.93. The second-order valence-corrected chi connectivity index (χ2v) is 7.67. The lowest BCUT2D eigenvalue weighted by molar-refractivity contribution is -0.000214. The van der Waals surface area contributed by atoms with Crippen LogP contribution in [0.5, 0.6) is 0 Å². The molecule has 1 aromatic carbocycles. The van der Waals surface area contributed by atoms with Gasteiger partial charge >= 0.3 is 12.2 Å². The normalized spacial score (nSPS) is 11.5. The average molecular weight is 365 g/mol. The number of nitrogen functional groups attached to an aromatic ring is 1. The van der Waals surface area contributed by atoms with Gasteiger partial charge in [0.1, 0.15) is 17.0 Å². The number of carbonyl (C=O) groups excluding carboxylic acids is 2. The molecule has 0 fully saturated rings. The first-order valence-corrected chi connectivity index (χ1v) is 7.92. The van der Waals surface area contributed by atoms with E-state index >= 15 is 0 Å². The third kappa shape index (κ3) is 6.24. The molecule has 0 radical (unpaired) electrons. The Morgan fingerprint density at radius 3 is 1.96 bits per heavy atom. The number of hydrogen-bond donors (Lipinski definition) is 1. The Balaban J connectivity index is 3.28. The van der Waals surface area contributed by atoms with Crippen molar-refractivity contribution in [1.29, 1.82) is 0 Å². The maximum atomic E-state index is 14.0. The first-order chi connectivity index (χ1) is 11.7. The summed E-state index contributed by atoms with van der Waals surface area (Å²) in [5.41, 5.74) is 3.72. The number of imide groups is 1. The summed E-state index contributed by atoms with van der Waals surface area (Å²) in [5, 5.41) is 0. The van der Waals surface area contributed by atoms with Gasteiger partial charge in [-0.25, -0.2) is 23.7 Å². The average Bonchev–Trinajstić information content (AvgIpc) is 2.40. The van der Waals surface area contributed by atoms with Gasteiger partial charge in [0, 0.05) is 5.69 Å². The van der Waals surface area contributed by atoms with Crippen molar-refractivity contribution in [2.45, 2.75) is 59.3 Å². The minimum absolute atomic E-state index is 0.0678. The number of benzene rings is 1. The molecule has 0 aliphatic heterocycles. The Labute approximate surface area is 152 Å². The summed E-state index contributed by atoms with van der Waals surface area (Å²) in [6, 6.07) is 2.33. The van der Waals surface area contributed by atoms with Crippen LogP contribution >= 0.6 is 0 Å². The fourth-order valence-electron chi connectivity index (χ4n) is 1.93. The quantitative estimate of drug-likeness (QED) is 0.610. The summed E-state index contributed by atoms with van der Waals surface area (Å²) in [5.74, 6) is -0.830. The maximum absolute atomic E-state index is 14.0. The van der Waals surface area contributed by atoms with E-state index in [4.69, 9.17) is 21.8 Å². The molecule has 7 nitrogen and oxygen atoms in total. The minimum atomic E-state index is -0.967. The van der Waals surface area contributed by atoms with E-state index in [2.05, 4.69) is 4.85 Å². The first-order valence-electron chi connectivity index (χ1n) is 7.92. The Kier molecular flexibility index (Phi) is 6.20. The van der Waals surface area contributed by atoms with E-state index in [9.17, 15) is 14.0 Å². The number of hydrogen-bond acceptors (Lipinski definition) is 5. The molecule has 0 aliphatic rings. The van der Waals surface area contributed by atoms with Crippen LogP contribution in [0, 0.1) is 12.4 Å². The number of nitrogens with zero attached hydrogens (tertiary/aromatic N) is 2. The number of nitrogens with two attached hydrogens (primary N) is 1. The van der Waals surface area contributed by atoms with Crippen LogP contribution in [0.3, 0.4) is 0 Å². The number of amides is 2. The van der Waals surface area contributed by atoms with Crippen LogP contribution in [0.4, 0.5) is 25.4 Å². The van der Waals surface area contributed by atoms with Gasteiger partial charge in [-0.3, -0.25) is 0 Å². The number of anilines is 1. The lowest BCUT2D eigenvalue weighted by Gasteiger charge is -2.29. The van der Waals surface area contributed by atoms with Crippen molar-refractivity contribution in [3.63, 3.8) is 0 Å². The highest BCUT2D eigenvalue weighted by Crippen LogP contribution is 2.28. The molecule has 0 bridgehead atoms. The van der Waals surface area contributed by atoms with Crippen LogP contribution in [-0.2, 0) is 16.0 Å². The zero-order valence-corrected chi connectivity index (χ0v) is 15.8. The van der Waals surface area contributed by atoms with Gasteiger partial charge in [-0.15, -0.1) is 0 Å². The van der Waals surface area contributed by atoms with E-state index < -0.39 is 35.8 Å². The predicted molar refractivity (Wildman–Crippen MR) is 95.1 cm³/mol. The Morgan fingerprint density at radius 1 is 1.12 bits per heavy atom. The number of rotatable bonds is 2. The van der Waals surface area contributed by atoms with Gasteiger partial charge in [-0.05, 0) is 59.2 Å². The monoisotopic (exact) mass is 365 g/mol. The van der Waals surface area contributed by atoms with Crippen molar-refractivity contribution >= 4 is 23.6 Å². The smallest absolute Gasteiger partial charge is 0.420 e. The highest BCUT2D eigenvalue weighted by molar-refractivity contribution is 5.88. The minimum Gasteiger partial charge on any atom is -0.443 e. The second kappa shape index (κ2) is 7.60. The van der Waals surface area contributed by atoms with E-state index in [1.165, 1.54) is 6.07 Å². The molecule has 0 atom stereocenters. The van der Waals surface area contributed by atoms with Crippen LogP contribution in [0.1, 0.15) is 47.1 Å². The van der Waals surface area contributed by atoms with Gasteiger partial charge in [-0.1, -0.05) is 0 Å². The van der Waals surface area contributed by atoms with Gasteiger partial charge in [0.2, 0.25) is 5.69 Å². The van der Waals surface area contributed by atoms with Crippen LogP contribution in [0.15, 0.2) is 12.1 Å². The zero-order valence-electron chi connectivity index (χ0n) is 15.8. The van der Waals surface area contributed by atoms with Crippen LogP contribution < -0.4 is 5.73 Å². The Hall–Kier alpha value is -2.82. The standard InChI is InChI=1S/C18H24FN3O4/c1-17(2,3)25-15(23)22(16(24)26-18(4,5)6)10-11-8-12(20)9-13(19)14(11)21-7/h8-9H,10,20H2,1-6H3. The summed E-state index contributed by atoms with van der Waals surface area (Å²) in [4.78, 5) is 28.7. The SMILES string of the molecule is [C-]#[N+]c1c(F)cc(N)cc1CN(C(=O)OC(C)(C)C)C(=O)OC(C)(C)C. The van der Waals surface area contributed by atoms with Crippen molar-refractivity contribution in [2.75, 3.05) is 5.73 Å². The summed E-state index contributed by atoms with van der Waals surface area (Å²) in [7, 11) is 0. The fraction of sp³-hybridized carbons (Fsp3) is 0.500. The largest absolute Gasteiger partial charge is 0.443 e. The molecule has 2 amide bonds. The molecule has 0 unspecified atom stereocenters. The lowest BCUT2D eigenvalue weighted by atomic mass is 10.1. The van der Waals surface area contributed by atoms with Gasteiger partial charge in [0.25, 0.3) is 0 Å². The molecule has 142 valence electrons. The number of halogens is 1. The highest BCUT2D eigenvalue weighted by Gasteiger charge is 2.32. The van der Waals surface area contributed by atoms with Crippen molar-refractivity contribution in [2.24, 2.45) is 0 Å². The third-order valence-electron chi connectivity index (χ3n) is 2.83. The molecule has 1 aromatic rings. The Bertz CT molecular complexity index is 715. The molecule has 0 heterocycles. The predicted octanol–water partition coefficient (Wildman–Crippen LogP) is 4.63. The first kappa shape index (κ1) is 21.2. The molecule has 0 saturated carbocycles. The van der Waals surface area contributed by atoms with Gasteiger partial charge in [0.15, 0.2) is 0 Å². The molecule has 0 spiro atoms. The van der Waals surface area contributed by atoms with Crippen molar-refractivity contribution in [3.05, 3.63) is 34.9 Å². The molecular formula is C18H24FN3O4. The van der Waals surface area contributed by atoms with Crippen molar-refractivity contribution in [3.8, 4) is 0 Å². The molecule has 0 aliphatic carbocycles. The molecular weight excluding hydrogens is 341 g/mol.